The molecule has 0 bridgehead atoms. The Balaban J connectivity index is 1.59. The van der Waals surface area contributed by atoms with Gasteiger partial charge in [-0.25, -0.2) is 0 Å². The van der Waals surface area contributed by atoms with Crippen molar-refractivity contribution in [1.82, 2.24) is 15.5 Å². The molecule has 1 aromatic heterocycles. The second kappa shape index (κ2) is 7.41. The van der Waals surface area contributed by atoms with Crippen LogP contribution in [0.1, 0.15) is 30.2 Å². The molecule has 1 unspecified atom stereocenters. The summed E-state index contributed by atoms with van der Waals surface area (Å²) in [4.78, 5) is 15.7. The molecular weight excluding hydrogens is 312 g/mol. The average Bonchev–Trinajstić information content (AvgIpc) is 3.05. The Bertz CT molecular complexity index is 716. The van der Waals surface area contributed by atoms with E-state index in [1.165, 1.54) is 0 Å². The van der Waals surface area contributed by atoms with E-state index in [4.69, 9.17) is 14.0 Å². The van der Waals surface area contributed by atoms with Crippen LogP contribution < -0.4 is 15.4 Å². The molecule has 2 N–H and O–H groups in total. The van der Waals surface area contributed by atoms with Crippen LogP contribution in [0.2, 0.25) is 0 Å². The number of carbonyl (C=O) groups excluding carboxylic acids is 1. The number of nitrogens with one attached hydrogen (secondary N) is 2. The van der Waals surface area contributed by atoms with Gasteiger partial charge in [0.25, 0.3) is 5.91 Å². The Morgan fingerprint density at radius 2 is 2.33 bits per heavy atom. The number of rotatable bonds is 7. The fraction of sp³-hybridized carbons (Fsp3) is 0.438. The molecule has 24 heavy (non-hydrogen) atoms. The molecule has 1 atom stereocenters. The van der Waals surface area contributed by atoms with Gasteiger partial charge < -0.3 is 24.6 Å². The molecule has 8 heteroatoms. The van der Waals surface area contributed by atoms with Crippen LogP contribution in [0.25, 0.3) is 0 Å². The first-order valence-electron chi connectivity index (χ1n) is 7.76. The molecule has 0 fully saturated rings. The highest BCUT2D eigenvalue weighted by molar-refractivity contribution is 5.95. The molecule has 128 valence electrons. The Kier molecular flexibility index (Phi) is 5.07. The van der Waals surface area contributed by atoms with Crippen LogP contribution in [0.5, 0.6) is 5.75 Å². The molecule has 0 radical (unpaired) electrons. The quantitative estimate of drug-likeness (QED) is 0.791. The van der Waals surface area contributed by atoms with Crippen LogP contribution >= 0.6 is 0 Å². The molecule has 0 saturated carbocycles. The molecule has 3 rings (SSSR count). The number of carbonyl (C=O) groups is 1. The average molecular weight is 332 g/mol. The molecular formula is C16H20N4O4. The van der Waals surface area contributed by atoms with Gasteiger partial charge in [-0.1, -0.05) is 11.2 Å². The van der Waals surface area contributed by atoms with Crippen molar-refractivity contribution in [2.45, 2.75) is 25.9 Å². The first-order chi connectivity index (χ1) is 11.7. The summed E-state index contributed by atoms with van der Waals surface area (Å²) in [5, 5.41) is 10.0. The lowest BCUT2D eigenvalue weighted by atomic mass is 10.1. The van der Waals surface area contributed by atoms with Gasteiger partial charge in [-0.05, 0) is 24.6 Å². The zero-order chi connectivity index (χ0) is 16.9. The molecule has 1 aliphatic heterocycles. The number of hydrogen-bond donors (Lipinski definition) is 2. The third-order valence-electron chi connectivity index (χ3n) is 3.74. The lowest BCUT2D eigenvalue weighted by molar-refractivity contribution is -0.118. The van der Waals surface area contributed by atoms with Crippen molar-refractivity contribution in [3.05, 3.63) is 35.5 Å². The number of methoxy groups -OCH3 is 1. The molecule has 0 aliphatic carbocycles. The number of benzene rings is 1. The molecule has 0 spiro atoms. The molecule has 1 aromatic carbocycles. The predicted octanol–water partition coefficient (Wildman–Crippen LogP) is 1.44. The number of nitrogens with zero attached hydrogens (tertiary/aromatic N) is 2. The normalized spacial score (nSPS) is 14.7. The van der Waals surface area contributed by atoms with Gasteiger partial charge in [0, 0.05) is 19.6 Å². The molecule has 1 amide bonds. The van der Waals surface area contributed by atoms with E-state index in [0.717, 1.165) is 5.56 Å². The maximum atomic E-state index is 11.4. The van der Waals surface area contributed by atoms with E-state index >= 15 is 0 Å². The summed E-state index contributed by atoms with van der Waals surface area (Å²) in [6.45, 7) is 3.10. The monoisotopic (exact) mass is 332 g/mol. The Morgan fingerprint density at radius 3 is 3.17 bits per heavy atom. The molecule has 2 aromatic rings. The first kappa shape index (κ1) is 16.4. The number of anilines is 1. The van der Waals surface area contributed by atoms with Crippen molar-refractivity contribution >= 4 is 11.6 Å². The SMILES string of the molecule is COCCc1noc(CNC(C)c2ccc3c(c2)NC(=O)CO3)n1. The van der Waals surface area contributed by atoms with E-state index in [-0.39, 0.29) is 18.6 Å². The van der Waals surface area contributed by atoms with Gasteiger partial charge in [0.05, 0.1) is 18.8 Å². The second-order valence-electron chi connectivity index (χ2n) is 5.54. The van der Waals surface area contributed by atoms with Crippen molar-refractivity contribution in [1.29, 1.82) is 0 Å². The lowest BCUT2D eigenvalue weighted by Crippen LogP contribution is -2.26. The molecule has 1 aliphatic rings. The summed E-state index contributed by atoms with van der Waals surface area (Å²) in [5.41, 5.74) is 1.72. The van der Waals surface area contributed by atoms with Gasteiger partial charge in [-0.3, -0.25) is 4.79 Å². The maximum Gasteiger partial charge on any atom is 0.262 e. The maximum absolute atomic E-state index is 11.4. The van der Waals surface area contributed by atoms with Gasteiger partial charge in [-0.15, -0.1) is 0 Å². The largest absolute Gasteiger partial charge is 0.482 e. The van der Waals surface area contributed by atoms with E-state index in [1.807, 2.05) is 25.1 Å². The highest BCUT2D eigenvalue weighted by atomic mass is 16.5. The minimum absolute atomic E-state index is 0.0449. The summed E-state index contributed by atoms with van der Waals surface area (Å²) >= 11 is 0. The van der Waals surface area contributed by atoms with E-state index < -0.39 is 0 Å². The van der Waals surface area contributed by atoms with Crippen molar-refractivity contribution in [3.63, 3.8) is 0 Å². The standard InChI is InChI=1S/C16H20N4O4/c1-10(17-8-16-19-14(20-24-16)5-6-22-2)11-3-4-13-12(7-11)18-15(21)9-23-13/h3-4,7,10,17H,5-6,8-9H2,1-2H3,(H,18,21). The van der Waals surface area contributed by atoms with Crippen LogP contribution in [0.4, 0.5) is 5.69 Å². The number of aromatic nitrogens is 2. The topological polar surface area (TPSA) is 98.5 Å². The van der Waals surface area contributed by atoms with Gasteiger partial charge in [0.15, 0.2) is 12.4 Å². The Morgan fingerprint density at radius 1 is 1.46 bits per heavy atom. The molecule has 2 heterocycles. The van der Waals surface area contributed by atoms with Gasteiger partial charge >= 0.3 is 0 Å². The van der Waals surface area contributed by atoms with E-state index in [1.54, 1.807) is 7.11 Å². The van der Waals surface area contributed by atoms with E-state index in [9.17, 15) is 4.79 Å². The van der Waals surface area contributed by atoms with Crippen molar-refractivity contribution in [2.24, 2.45) is 0 Å². The van der Waals surface area contributed by atoms with Crippen molar-refractivity contribution < 1.29 is 18.8 Å². The number of ether oxygens (including phenoxy) is 2. The van der Waals surface area contributed by atoms with Crippen LogP contribution in [0.15, 0.2) is 22.7 Å². The van der Waals surface area contributed by atoms with Crippen LogP contribution in [0, 0.1) is 0 Å². The van der Waals surface area contributed by atoms with Gasteiger partial charge in [0.2, 0.25) is 5.89 Å². The van der Waals surface area contributed by atoms with E-state index in [0.29, 0.717) is 42.7 Å². The number of fused-ring (bicyclic) bond motifs is 1. The van der Waals surface area contributed by atoms with E-state index in [2.05, 4.69) is 20.8 Å². The smallest absolute Gasteiger partial charge is 0.262 e. The summed E-state index contributed by atoms with van der Waals surface area (Å²) in [7, 11) is 1.64. The zero-order valence-corrected chi connectivity index (χ0v) is 13.7. The third kappa shape index (κ3) is 3.90. The second-order valence-corrected chi connectivity index (χ2v) is 5.54. The van der Waals surface area contributed by atoms with Crippen LogP contribution in [-0.4, -0.2) is 36.4 Å². The number of amides is 1. The molecule has 0 saturated heterocycles. The van der Waals surface area contributed by atoms with Crippen LogP contribution in [-0.2, 0) is 22.5 Å². The summed E-state index contributed by atoms with van der Waals surface area (Å²) in [5.74, 6) is 1.71. The van der Waals surface area contributed by atoms with Gasteiger partial charge in [0.1, 0.15) is 5.75 Å². The fourth-order valence-corrected chi connectivity index (χ4v) is 2.39. The number of hydrogen-bond acceptors (Lipinski definition) is 7. The fourth-order valence-electron chi connectivity index (χ4n) is 2.39. The van der Waals surface area contributed by atoms with Gasteiger partial charge in [-0.2, -0.15) is 4.98 Å². The Labute approximate surface area is 139 Å². The summed E-state index contributed by atoms with van der Waals surface area (Å²) in [6, 6.07) is 5.77. The van der Waals surface area contributed by atoms with Crippen molar-refractivity contribution in [2.75, 3.05) is 25.6 Å². The third-order valence-corrected chi connectivity index (χ3v) is 3.74. The Hall–Kier alpha value is -2.45. The first-order valence-corrected chi connectivity index (χ1v) is 7.76. The summed E-state index contributed by atoms with van der Waals surface area (Å²) in [6.07, 6.45) is 0.625. The minimum atomic E-state index is -0.144. The van der Waals surface area contributed by atoms with Crippen LogP contribution in [0.3, 0.4) is 0 Å². The summed E-state index contributed by atoms with van der Waals surface area (Å²) < 4.78 is 15.5. The highest BCUT2D eigenvalue weighted by Crippen LogP contribution is 2.30. The zero-order valence-electron chi connectivity index (χ0n) is 13.7. The highest BCUT2D eigenvalue weighted by Gasteiger charge is 2.17. The predicted molar refractivity (Wildman–Crippen MR) is 85.7 cm³/mol. The minimum Gasteiger partial charge on any atom is -0.482 e. The van der Waals surface area contributed by atoms with Crippen molar-refractivity contribution in [3.8, 4) is 5.75 Å². The molecule has 8 nitrogen and oxygen atoms in total. The lowest BCUT2D eigenvalue weighted by Gasteiger charge is -2.20.